The fourth-order valence-electron chi connectivity index (χ4n) is 4.22. The van der Waals surface area contributed by atoms with Crippen LogP contribution in [0.1, 0.15) is 77.6 Å². The summed E-state index contributed by atoms with van der Waals surface area (Å²) in [6.07, 6.45) is 22.8. The summed E-state index contributed by atoms with van der Waals surface area (Å²) >= 11 is 0. The molecule has 24 heavy (non-hydrogen) atoms. The second-order valence-corrected chi connectivity index (χ2v) is 7.77. The maximum absolute atomic E-state index is 8.47. The molecule has 0 amide bonds. The number of rotatable bonds is 8. The third-order valence-corrected chi connectivity index (χ3v) is 5.88. The minimum atomic E-state index is 0.488. The minimum Gasteiger partial charge on any atom is -0.378 e. The van der Waals surface area contributed by atoms with Crippen LogP contribution in [-0.2, 0) is 4.74 Å². The lowest BCUT2D eigenvalue weighted by Crippen LogP contribution is -2.25. The van der Waals surface area contributed by atoms with Crippen LogP contribution in [0.15, 0.2) is 24.3 Å². The van der Waals surface area contributed by atoms with Gasteiger partial charge < -0.3 is 4.74 Å². The number of hydrogen-bond donors (Lipinski definition) is 0. The van der Waals surface area contributed by atoms with Crippen LogP contribution in [0.4, 0.5) is 0 Å². The van der Waals surface area contributed by atoms with Crippen LogP contribution in [0.5, 0.6) is 0 Å². The standard InChI is InChI=1S/C22H35NO/c1-2-3-7-19-9-11-21(12-10-19)18-24-22-15-13-20(14-16-22)8-5-4-6-17-23/h4-6,8,19-22H,2-3,7,9-16,18H2,1H3/t19-,20-,21-,22-. The molecule has 134 valence electrons. The number of nitriles is 1. The van der Waals surface area contributed by atoms with E-state index in [0.29, 0.717) is 12.0 Å². The van der Waals surface area contributed by atoms with E-state index in [4.69, 9.17) is 10.00 Å². The molecule has 0 aromatic heterocycles. The largest absolute Gasteiger partial charge is 0.378 e. The Hall–Kier alpha value is -1.07. The van der Waals surface area contributed by atoms with Gasteiger partial charge in [-0.3, -0.25) is 0 Å². The van der Waals surface area contributed by atoms with Gasteiger partial charge in [-0.2, -0.15) is 5.26 Å². The number of ether oxygens (including phenoxy) is 1. The Morgan fingerprint density at radius 3 is 2.33 bits per heavy atom. The molecular formula is C22H35NO. The second kappa shape index (κ2) is 11.5. The van der Waals surface area contributed by atoms with Gasteiger partial charge in [0.25, 0.3) is 0 Å². The van der Waals surface area contributed by atoms with Crippen LogP contribution in [0.3, 0.4) is 0 Å². The first-order valence-electron chi connectivity index (χ1n) is 10.2. The van der Waals surface area contributed by atoms with Crippen molar-refractivity contribution < 1.29 is 4.74 Å². The van der Waals surface area contributed by atoms with Crippen molar-refractivity contribution >= 4 is 0 Å². The fourth-order valence-corrected chi connectivity index (χ4v) is 4.22. The molecule has 2 saturated carbocycles. The molecule has 2 aliphatic carbocycles. The number of unbranched alkanes of at least 4 members (excludes halogenated alkanes) is 1. The molecule has 0 heterocycles. The van der Waals surface area contributed by atoms with Gasteiger partial charge in [0.05, 0.1) is 12.2 Å². The van der Waals surface area contributed by atoms with Crippen molar-refractivity contribution in [1.29, 1.82) is 5.26 Å². The zero-order valence-electron chi connectivity index (χ0n) is 15.5. The lowest BCUT2D eigenvalue weighted by atomic mass is 9.80. The summed E-state index contributed by atoms with van der Waals surface area (Å²) in [4.78, 5) is 0. The third-order valence-electron chi connectivity index (χ3n) is 5.88. The molecule has 0 atom stereocenters. The van der Waals surface area contributed by atoms with Gasteiger partial charge in [-0.05, 0) is 56.3 Å². The Morgan fingerprint density at radius 1 is 0.958 bits per heavy atom. The fraction of sp³-hybridized carbons (Fsp3) is 0.773. The van der Waals surface area contributed by atoms with Gasteiger partial charge in [0.1, 0.15) is 0 Å². The average molecular weight is 330 g/mol. The van der Waals surface area contributed by atoms with Gasteiger partial charge in [0.15, 0.2) is 0 Å². The van der Waals surface area contributed by atoms with Gasteiger partial charge in [-0.15, -0.1) is 0 Å². The molecule has 2 fully saturated rings. The van der Waals surface area contributed by atoms with Crippen molar-refractivity contribution in [3.8, 4) is 6.07 Å². The zero-order chi connectivity index (χ0) is 17.0. The van der Waals surface area contributed by atoms with Crippen molar-refractivity contribution in [3.63, 3.8) is 0 Å². The van der Waals surface area contributed by atoms with Crippen molar-refractivity contribution in [2.75, 3.05) is 6.61 Å². The predicted molar refractivity (Wildman–Crippen MR) is 101 cm³/mol. The summed E-state index contributed by atoms with van der Waals surface area (Å²) in [6, 6.07) is 2.02. The predicted octanol–water partition coefficient (Wildman–Crippen LogP) is 6.19. The molecule has 2 rings (SSSR count). The lowest BCUT2D eigenvalue weighted by molar-refractivity contribution is -0.00662. The quantitative estimate of drug-likeness (QED) is 0.392. The summed E-state index contributed by atoms with van der Waals surface area (Å²) in [5, 5.41) is 8.47. The van der Waals surface area contributed by atoms with E-state index in [9.17, 15) is 0 Å². The van der Waals surface area contributed by atoms with Crippen molar-refractivity contribution in [2.24, 2.45) is 17.8 Å². The average Bonchev–Trinajstić information content (AvgIpc) is 2.64. The molecule has 0 aromatic rings. The molecule has 2 aliphatic rings. The van der Waals surface area contributed by atoms with Gasteiger partial charge >= 0.3 is 0 Å². The summed E-state index contributed by atoms with van der Waals surface area (Å²) in [6.45, 7) is 3.30. The summed E-state index contributed by atoms with van der Waals surface area (Å²) in [5.41, 5.74) is 0. The Balaban J connectivity index is 1.56. The third kappa shape index (κ3) is 7.22. The monoisotopic (exact) mass is 329 g/mol. The molecule has 0 aromatic carbocycles. The van der Waals surface area contributed by atoms with Crippen molar-refractivity contribution in [3.05, 3.63) is 24.3 Å². The maximum atomic E-state index is 8.47. The first-order chi connectivity index (χ1) is 11.8. The Bertz CT molecular complexity index is 418. The summed E-state index contributed by atoms with van der Waals surface area (Å²) < 4.78 is 6.25. The molecule has 0 radical (unpaired) electrons. The Labute approximate surface area is 149 Å². The van der Waals surface area contributed by atoms with Gasteiger partial charge in [0.2, 0.25) is 0 Å². The summed E-state index contributed by atoms with van der Waals surface area (Å²) in [5.74, 6) is 2.48. The first kappa shape index (κ1) is 19.3. The molecule has 2 nitrogen and oxygen atoms in total. The van der Waals surface area contributed by atoms with Crippen LogP contribution >= 0.6 is 0 Å². The highest BCUT2D eigenvalue weighted by Crippen LogP contribution is 2.33. The molecule has 0 spiro atoms. The van der Waals surface area contributed by atoms with E-state index < -0.39 is 0 Å². The van der Waals surface area contributed by atoms with Gasteiger partial charge in [-0.1, -0.05) is 57.3 Å². The SMILES string of the molecule is CCCC[C@H]1CC[C@H](CO[C@H]2CC[C@H](C=CC=CC#N)CC2)CC1. The normalized spacial score (nSPS) is 31.5. The van der Waals surface area contributed by atoms with E-state index in [1.165, 1.54) is 76.7 Å². The topological polar surface area (TPSA) is 33.0 Å². The van der Waals surface area contributed by atoms with Crippen LogP contribution in [-0.4, -0.2) is 12.7 Å². The molecule has 0 bridgehead atoms. The molecule has 0 unspecified atom stereocenters. The van der Waals surface area contributed by atoms with E-state index >= 15 is 0 Å². The number of allylic oxidation sites excluding steroid dienone is 4. The van der Waals surface area contributed by atoms with Crippen LogP contribution < -0.4 is 0 Å². The number of hydrogen-bond acceptors (Lipinski definition) is 2. The van der Waals surface area contributed by atoms with Crippen molar-refractivity contribution in [2.45, 2.75) is 83.7 Å². The van der Waals surface area contributed by atoms with Crippen LogP contribution in [0, 0.1) is 29.1 Å². The highest BCUT2D eigenvalue weighted by Gasteiger charge is 2.24. The molecule has 0 saturated heterocycles. The zero-order valence-corrected chi connectivity index (χ0v) is 15.5. The minimum absolute atomic E-state index is 0.488. The van der Waals surface area contributed by atoms with Gasteiger partial charge in [0, 0.05) is 12.7 Å². The van der Waals surface area contributed by atoms with Crippen LogP contribution in [0.25, 0.3) is 0 Å². The molecule has 0 N–H and O–H groups in total. The first-order valence-corrected chi connectivity index (χ1v) is 10.2. The van der Waals surface area contributed by atoms with E-state index in [1.807, 2.05) is 18.2 Å². The molecular weight excluding hydrogens is 294 g/mol. The second-order valence-electron chi connectivity index (χ2n) is 7.77. The van der Waals surface area contributed by atoms with Crippen molar-refractivity contribution in [1.82, 2.24) is 0 Å². The number of nitrogens with zero attached hydrogens (tertiary/aromatic N) is 1. The molecule has 0 aliphatic heterocycles. The van der Waals surface area contributed by atoms with Crippen LogP contribution in [0.2, 0.25) is 0 Å². The van der Waals surface area contributed by atoms with E-state index in [-0.39, 0.29) is 0 Å². The van der Waals surface area contributed by atoms with Gasteiger partial charge in [-0.25, -0.2) is 0 Å². The maximum Gasteiger partial charge on any atom is 0.0912 e. The lowest BCUT2D eigenvalue weighted by Gasteiger charge is -2.31. The Kier molecular flexibility index (Phi) is 9.21. The van der Waals surface area contributed by atoms with E-state index in [1.54, 1.807) is 0 Å². The van der Waals surface area contributed by atoms with E-state index in [0.717, 1.165) is 18.4 Å². The Morgan fingerprint density at radius 2 is 1.67 bits per heavy atom. The molecule has 2 heteroatoms. The highest BCUT2D eigenvalue weighted by atomic mass is 16.5. The van der Waals surface area contributed by atoms with E-state index in [2.05, 4.69) is 13.0 Å². The highest BCUT2D eigenvalue weighted by molar-refractivity contribution is 5.12. The summed E-state index contributed by atoms with van der Waals surface area (Å²) in [7, 11) is 0. The smallest absolute Gasteiger partial charge is 0.0912 e.